The van der Waals surface area contributed by atoms with Crippen molar-refractivity contribution >= 4 is 27.7 Å². The number of nitrogens with two attached hydrogens (primary N) is 1. The molecule has 0 heterocycles. The zero-order valence-electron chi connectivity index (χ0n) is 8.54. The highest BCUT2D eigenvalue weighted by Crippen LogP contribution is 2.16. The lowest BCUT2D eigenvalue weighted by atomic mass is 10.2. The molecule has 0 saturated heterocycles. The summed E-state index contributed by atoms with van der Waals surface area (Å²) in [5.74, 6) is -2.34. The van der Waals surface area contributed by atoms with Crippen molar-refractivity contribution in [1.29, 1.82) is 0 Å². The minimum absolute atomic E-state index is 0.00690. The smallest absolute Gasteiger partial charge is 0.311 e. The number of nitrogens with zero attached hydrogens (tertiary/aromatic N) is 1. The number of carbonyl (C=O) groups excluding carboxylic acids is 2. The Morgan fingerprint density at radius 2 is 2.12 bits per heavy atom. The third-order valence-electron chi connectivity index (χ3n) is 1.97. The Morgan fingerprint density at radius 3 is 2.69 bits per heavy atom. The predicted octanol–water partition coefficient (Wildman–Crippen LogP) is 1.03. The number of hydrogen-bond donors (Lipinski definition) is 1. The van der Waals surface area contributed by atoms with E-state index in [1.54, 1.807) is 12.1 Å². The van der Waals surface area contributed by atoms with Gasteiger partial charge in [-0.05, 0) is 18.2 Å². The standard InChI is InChI=1S/C10H10BrFN2O2/c1-14(10(16)9(13)15)5-6-4-7(11)2-3-8(6)12/h2-4H,5H2,1H3,(H2,13,15). The Bertz CT molecular complexity index is 437. The van der Waals surface area contributed by atoms with E-state index in [1.165, 1.54) is 13.1 Å². The molecular formula is C10H10BrFN2O2. The monoisotopic (exact) mass is 288 g/mol. The van der Waals surface area contributed by atoms with Gasteiger partial charge in [-0.2, -0.15) is 0 Å². The molecule has 0 atom stereocenters. The first-order chi connectivity index (χ1) is 7.41. The fourth-order valence-corrected chi connectivity index (χ4v) is 1.59. The first-order valence-electron chi connectivity index (χ1n) is 4.40. The molecule has 0 spiro atoms. The van der Waals surface area contributed by atoms with Crippen LogP contribution in [-0.4, -0.2) is 23.8 Å². The summed E-state index contributed by atoms with van der Waals surface area (Å²) in [5, 5.41) is 0. The summed E-state index contributed by atoms with van der Waals surface area (Å²) in [5.41, 5.74) is 5.14. The van der Waals surface area contributed by atoms with Crippen LogP contribution in [0.1, 0.15) is 5.56 Å². The summed E-state index contributed by atoms with van der Waals surface area (Å²) >= 11 is 3.19. The molecule has 6 heteroatoms. The second-order valence-corrected chi connectivity index (χ2v) is 4.18. The van der Waals surface area contributed by atoms with E-state index in [4.69, 9.17) is 5.73 Å². The van der Waals surface area contributed by atoms with E-state index in [0.717, 1.165) is 4.90 Å². The van der Waals surface area contributed by atoms with E-state index >= 15 is 0 Å². The van der Waals surface area contributed by atoms with Crippen LogP contribution in [0.2, 0.25) is 0 Å². The van der Waals surface area contributed by atoms with Gasteiger partial charge in [-0.3, -0.25) is 9.59 Å². The molecule has 0 aliphatic carbocycles. The SMILES string of the molecule is CN(Cc1cc(Br)ccc1F)C(=O)C(N)=O. The van der Waals surface area contributed by atoms with E-state index in [2.05, 4.69) is 15.9 Å². The van der Waals surface area contributed by atoms with Crippen LogP contribution < -0.4 is 5.73 Å². The van der Waals surface area contributed by atoms with Crippen LogP contribution in [0, 0.1) is 5.82 Å². The maximum Gasteiger partial charge on any atom is 0.311 e. The number of hydrogen-bond acceptors (Lipinski definition) is 2. The summed E-state index contributed by atoms with van der Waals surface area (Å²) in [7, 11) is 1.38. The van der Waals surface area contributed by atoms with E-state index in [1.807, 2.05) is 0 Å². The lowest BCUT2D eigenvalue weighted by Crippen LogP contribution is -2.37. The highest BCUT2D eigenvalue weighted by molar-refractivity contribution is 9.10. The van der Waals surface area contributed by atoms with Crippen molar-refractivity contribution in [3.8, 4) is 0 Å². The van der Waals surface area contributed by atoms with Crippen molar-refractivity contribution in [3.05, 3.63) is 34.1 Å². The Morgan fingerprint density at radius 1 is 1.50 bits per heavy atom. The van der Waals surface area contributed by atoms with Crippen LogP contribution in [0.25, 0.3) is 0 Å². The van der Waals surface area contributed by atoms with Gasteiger partial charge < -0.3 is 10.6 Å². The van der Waals surface area contributed by atoms with Crippen LogP contribution in [0.5, 0.6) is 0 Å². The van der Waals surface area contributed by atoms with Gasteiger partial charge in [-0.15, -0.1) is 0 Å². The molecule has 1 aromatic rings. The highest BCUT2D eigenvalue weighted by Gasteiger charge is 2.16. The van der Waals surface area contributed by atoms with Gasteiger partial charge in [-0.25, -0.2) is 4.39 Å². The maximum atomic E-state index is 13.3. The average molecular weight is 289 g/mol. The maximum absolute atomic E-state index is 13.3. The molecule has 16 heavy (non-hydrogen) atoms. The molecule has 0 bridgehead atoms. The van der Waals surface area contributed by atoms with E-state index in [-0.39, 0.29) is 6.54 Å². The van der Waals surface area contributed by atoms with Crippen LogP contribution >= 0.6 is 15.9 Å². The van der Waals surface area contributed by atoms with Gasteiger partial charge in [0.25, 0.3) is 0 Å². The molecule has 0 aromatic heterocycles. The number of primary amides is 1. The van der Waals surface area contributed by atoms with Crippen LogP contribution in [0.4, 0.5) is 4.39 Å². The van der Waals surface area contributed by atoms with Gasteiger partial charge in [-0.1, -0.05) is 15.9 Å². The van der Waals surface area contributed by atoms with Crippen LogP contribution in [0.15, 0.2) is 22.7 Å². The minimum atomic E-state index is -1.06. The topological polar surface area (TPSA) is 63.4 Å². The van der Waals surface area contributed by atoms with E-state index in [9.17, 15) is 14.0 Å². The van der Waals surface area contributed by atoms with Crippen molar-refractivity contribution in [2.75, 3.05) is 7.05 Å². The van der Waals surface area contributed by atoms with Gasteiger partial charge in [0.2, 0.25) is 0 Å². The molecule has 0 aliphatic rings. The largest absolute Gasteiger partial charge is 0.361 e. The first-order valence-corrected chi connectivity index (χ1v) is 5.20. The number of halogens is 2. The summed E-state index contributed by atoms with van der Waals surface area (Å²) in [6.45, 7) is -0.00690. The number of amides is 2. The molecule has 0 aliphatic heterocycles. The molecule has 2 amide bonds. The number of benzene rings is 1. The Balaban J connectivity index is 2.84. The van der Waals surface area contributed by atoms with Gasteiger partial charge in [0.05, 0.1) is 0 Å². The lowest BCUT2D eigenvalue weighted by molar-refractivity contribution is -0.143. The van der Waals surface area contributed by atoms with Crippen molar-refractivity contribution in [2.45, 2.75) is 6.54 Å². The third kappa shape index (κ3) is 3.03. The van der Waals surface area contributed by atoms with E-state index in [0.29, 0.717) is 10.0 Å². The van der Waals surface area contributed by atoms with Crippen molar-refractivity contribution in [3.63, 3.8) is 0 Å². The number of likely N-dealkylation sites (N-methyl/N-ethyl adjacent to an activating group) is 1. The van der Waals surface area contributed by atoms with Crippen molar-refractivity contribution < 1.29 is 14.0 Å². The number of carbonyl (C=O) groups is 2. The molecule has 86 valence electrons. The second-order valence-electron chi connectivity index (χ2n) is 3.26. The van der Waals surface area contributed by atoms with Gasteiger partial charge in [0.15, 0.2) is 0 Å². The van der Waals surface area contributed by atoms with Crippen LogP contribution in [-0.2, 0) is 16.1 Å². The summed E-state index contributed by atoms with van der Waals surface area (Å²) < 4.78 is 14.0. The summed E-state index contributed by atoms with van der Waals surface area (Å²) in [6.07, 6.45) is 0. The normalized spacial score (nSPS) is 9.94. The van der Waals surface area contributed by atoms with Gasteiger partial charge >= 0.3 is 11.8 Å². The zero-order chi connectivity index (χ0) is 12.3. The molecule has 1 aromatic carbocycles. The fraction of sp³-hybridized carbons (Fsp3) is 0.200. The van der Waals surface area contributed by atoms with Crippen LogP contribution in [0.3, 0.4) is 0 Å². The molecular weight excluding hydrogens is 279 g/mol. The Kier molecular flexibility index (Phi) is 4.00. The predicted molar refractivity (Wildman–Crippen MR) is 59.8 cm³/mol. The van der Waals surface area contributed by atoms with Gasteiger partial charge in [0.1, 0.15) is 5.82 Å². The summed E-state index contributed by atoms with van der Waals surface area (Å²) in [6, 6.07) is 4.37. The quantitative estimate of drug-likeness (QED) is 0.827. The molecule has 0 saturated carbocycles. The number of rotatable bonds is 2. The molecule has 2 N–H and O–H groups in total. The van der Waals surface area contributed by atoms with Crippen molar-refractivity contribution in [1.82, 2.24) is 4.90 Å². The zero-order valence-corrected chi connectivity index (χ0v) is 10.1. The molecule has 1 rings (SSSR count). The Hall–Kier alpha value is -1.43. The average Bonchev–Trinajstić information content (AvgIpc) is 2.22. The highest BCUT2D eigenvalue weighted by atomic mass is 79.9. The van der Waals surface area contributed by atoms with E-state index < -0.39 is 17.6 Å². The minimum Gasteiger partial charge on any atom is -0.361 e. The lowest BCUT2D eigenvalue weighted by Gasteiger charge is -2.15. The molecule has 0 unspecified atom stereocenters. The molecule has 0 fully saturated rings. The third-order valence-corrected chi connectivity index (χ3v) is 2.47. The summed E-state index contributed by atoms with van der Waals surface area (Å²) in [4.78, 5) is 22.8. The first kappa shape index (κ1) is 12.6. The second kappa shape index (κ2) is 5.07. The van der Waals surface area contributed by atoms with Crippen molar-refractivity contribution in [2.24, 2.45) is 5.73 Å². The Labute approximate surface area is 100 Å². The molecule has 0 radical (unpaired) electrons. The van der Waals surface area contributed by atoms with Gasteiger partial charge in [0, 0.05) is 23.6 Å². The fourth-order valence-electron chi connectivity index (χ4n) is 1.18. The molecule has 4 nitrogen and oxygen atoms in total.